The third kappa shape index (κ3) is 2.68. The van der Waals surface area contributed by atoms with Crippen molar-refractivity contribution in [2.24, 2.45) is 0 Å². The first-order chi connectivity index (χ1) is 9.02. The van der Waals surface area contributed by atoms with Crippen molar-refractivity contribution in [3.63, 3.8) is 0 Å². The first-order valence-electron chi connectivity index (χ1n) is 6.29. The number of methoxy groups -OCH3 is 1. The van der Waals surface area contributed by atoms with Gasteiger partial charge in [0.05, 0.1) is 7.11 Å². The monoisotopic (exact) mass is 254 g/mol. The first kappa shape index (κ1) is 13.3. The van der Waals surface area contributed by atoms with E-state index in [0.717, 1.165) is 33.6 Å². The van der Waals surface area contributed by atoms with Crippen LogP contribution in [-0.2, 0) is 0 Å². The summed E-state index contributed by atoms with van der Waals surface area (Å²) in [4.78, 5) is 11.5. The third-order valence-corrected chi connectivity index (χ3v) is 3.32. The highest BCUT2D eigenvalue weighted by Gasteiger charge is 2.08. The molecule has 2 nitrogen and oxygen atoms in total. The van der Waals surface area contributed by atoms with Crippen LogP contribution in [0.15, 0.2) is 36.4 Å². The SMILES string of the molecule is COc1cc(C)c(-c2cccc(C(C)=O)c2)cc1C. The molecule has 0 saturated carbocycles. The van der Waals surface area contributed by atoms with Crippen molar-refractivity contribution in [3.8, 4) is 16.9 Å². The van der Waals surface area contributed by atoms with Crippen LogP contribution in [0.1, 0.15) is 28.4 Å². The lowest BCUT2D eigenvalue weighted by atomic mass is 9.96. The Morgan fingerprint density at radius 1 is 1.05 bits per heavy atom. The molecule has 0 fully saturated rings. The van der Waals surface area contributed by atoms with Crippen LogP contribution in [-0.4, -0.2) is 12.9 Å². The van der Waals surface area contributed by atoms with Crippen molar-refractivity contribution in [2.75, 3.05) is 7.11 Å². The molecule has 2 aromatic carbocycles. The van der Waals surface area contributed by atoms with E-state index < -0.39 is 0 Å². The standard InChI is InChI=1S/C17H18O2/c1-11-9-17(19-4)12(2)8-16(11)15-7-5-6-14(10-15)13(3)18/h5-10H,1-4H3. The Kier molecular flexibility index (Phi) is 3.70. The zero-order valence-corrected chi connectivity index (χ0v) is 11.8. The Labute approximate surface area is 114 Å². The molecule has 0 aliphatic carbocycles. The fraction of sp³-hybridized carbons (Fsp3) is 0.235. The average Bonchev–Trinajstić information content (AvgIpc) is 2.41. The van der Waals surface area contributed by atoms with E-state index in [9.17, 15) is 4.79 Å². The second-order valence-electron chi connectivity index (χ2n) is 4.77. The maximum atomic E-state index is 11.5. The molecule has 0 spiro atoms. The summed E-state index contributed by atoms with van der Waals surface area (Å²) in [6, 6.07) is 11.9. The van der Waals surface area contributed by atoms with Gasteiger partial charge in [-0.3, -0.25) is 4.79 Å². The second kappa shape index (κ2) is 5.27. The molecule has 0 atom stereocenters. The lowest BCUT2D eigenvalue weighted by molar-refractivity contribution is 0.101. The van der Waals surface area contributed by atoms with E-state index in [4.69, 9.17) is 4.74 Å². The van der Waals surface area contributed by atoms with Crippen LogP contribution >= 0.6 is 0 Å². The fourth-order valence-corrected chi connectivity index (χ4v) is 2.23. The van der Waals surface area contributed by atoms with Crippen molar-refractivity contribution in [3.05, 3.63) is 53.1 Å². The van der Waals surface area contributed by atoms with Crippen LogP contribution in [0.3, 0.4) is 0 Å². The van der Waals surface area contributed by atoms with Crippen molar-refractivity contribution in [1.82, 2.24) is 0 Å². The van der Waals surface area contributed by atoms with E-state index in [1.807, 2.05) is 37.3 Å². The van der Waals surface area contributed by atoms with Gasteiger partial charge in [-0.1, -0.05) is 18.2 Å². The molecule has 0 bridgehead atoms. The van der Waals surface area contributed by atoms with Gasteiger partial charge in [-0.2, -0.15) is 0 Å². The van der Waals surface area contributed by atoms with E-state index in [1.54, 1.807) is 14.0 Å². The zero-order valence-electron chi connectivity index (χ0n) is 11.8. The minimum Gasteiger partial charge on any atom is -0.496 e. The van der Waals surface area contributed by atoms with Crippen LogP contribution in [0.4, 0.5) is 0 Å². The third-order valence-electron chi connectivity index (χ3n) is 3.32. The lowest BCUT2D eigenvalue weighted by Crippen LogP contribution is -1.94. The summed E-state index contributed by atoms with van der Waals surface area (Å²) in [5.74, 6) is 0.980. The van der Waals surface area contributed by atoms with Gasteiger partial charge in [-0.05, 0) is 61.2 Å². The molecule has 0 amide bonds. The Morgan fingerprint density at radius 3 is 2.42 bits per heavy atom. The minimum atomic E-state index is 0.0877. The molecular formula is C17H18O2. The number of rotatable bonds is 3. The average molecular weight is 254 g/mol. The summed E-state index contributed by atoms with van der Waals surface area (Å²) in [5.41, 5.74) is 5.18. The van der Waals surface area contributed by atoms with Gasteiger partial charge >= 0.3 is 0 Å². The predicted octanol–water partition coefficient (Wildman–Crippen LogP) is 4.18. The Morgan fingerprint density at radius 2 is 1.79 bits per heavy atom. The molecule has 0 radical (unpaired) electrons. The summed E-state index contributed by atoms with van der Waals surface area (Å²) >= 11 is 0. The molecule has 98 valence electrons. The largest absolute Gasteiger partial charge is 0.496 e. The van der Waals surface area contributed by atoms with E-state index in [-0.39, 0.29) is 5.78 Å². The number of carbonyl (C=O) groups excluding carboxylic acids is 1. The smallest absolute Gasteiger partial charge is 0.159 e. The van der Waals surface area contributed by atoms with Gasteiger partial charge < -0.3 is 4.74 Å². The van der Waals surface area contributed by atoms with Gasteiger partial charge in [-0.25, -0.2) is 0 Å². The summed E-state index contributed by atoms with van der Waals surface area (Å²) < 4.78 is 5.32. The Hall–Kier alpha value is -2.09. The summed E-state index contributed by atoms with van der Waals surface area (Å²) in [7, 11) is 1.68. The molecule has 0 aromatic heterocycles. The van der Waals surface area contributed by atoms with E-state index in [2.05, 4.69) is 13.0 Å². The molecular weight excluding hydrogens is 236 g/mol. The number of ketones is 1. The number of benzene rings is 2. The zero-order chi connectivity index (χ0) is 14.0. The summed E-state index contributed by atoms with van der Waals surface area (Å²) in [6.45, 7) is 5.67. The molecule has 2 rings (SSSR count). The van der Waals surface area contributed by atoms with Crippen molar-refractivity contribution in [2.45, 2.75) is 20.8 Å². The summed E-state index contributed by atoms with van der Waals surface area (Å²) in [6.07, 6.45) is 0. The van der Waals surface area contributed by atoms with Gasteiger partial charge in [0.15, 0.2) is 5.78 Å². The molecule has 0 N–H and O–H groups in total. The van der Waals surface area contributed by atoms with Crippen LogP contribution in [0.5, 0.6) is 5.75 Å². The van der Waals surface area contributed by atoms with Gasteiger partial charge in [-0.15, -0.1) is 0 Å². The quantitative estimate of drug-likeness (QED) is 0.768. The number of aryl methyl sites for hydroxylation is 2. The minimum absolute atomic E-state index is 0.0877. The van der Waals surface area contributed by atoms with Crippen LogP contribution in [0.2, 0.25) is 0 Å². The molecule has 0 aliphatic rings. The Bertz CT molecular complexity index is 627. The summed E-state index contributed by atoms with van der Waals surface area (Å²) in [5, 5.41) is 0. The molecule has 0 heterocycles. The number of carbonyl (C=O) groups is 1. The fourth-order valence-electron chi connectivity index (χ4n) is 2.23. The second-order valence-corrected chi connectivity index (χ2v) is 4.77. The molecule has 0 aliphatic heterocycles. The Balaban J connectivity index is 2.56. The van der Waals surface area contributed by atoms with Crippen LogP contribution < -0.4 is 4.74 Å². The van der Waals surface area contributed by atoms with Gasteiger partial charge in [0, 0.05) is 5.56 Å². The topological polar surface area (TPSA) is 26.3 Å². The maximum absolute atomic E-state index is 11.5. The van der Waals surface area contributed by atoms with E-state index >= 15 is 0 Å². The van der Waals surface area contributed by atoms with Crippen LogP contribution in [0, 0.1) is 13.8 Å². The van der Waals surface area contributed by atoms with Gasteiger partial charge in [0.1, 0.15) is 5.75 Å². The normalized spacial score (nSPS) is 10.3. The number of ether oxygens (including phenoxy) is 1. The molecule has 0 unspecified atom stereocenters. The van der Waals surface area contributed by atoms with E-state index in [0.29, 0.717) is 0 Å². The molecule has 19 heavy (non-hydrogen) atoms. The highest BCUT2D eigenvalue weighted by Crippen LogP contribution is 2.30. The first-order valence-corrected chi connectivity index (χ1v) is 6.29. The van der Waals surface area contributed by atoms with Crippen molar-refractivity contribution >= 4 is 5.78 Å². The molecule has 2 aromatic rings. The highest BCUT2D eigenvalue weighted by atomic mass is 16.5. The number of hydrogen-bond donors (Lipinski definition) is 0. The van der Waals surface area contributed by atoms with Gasteiger partial charge in [0.25, 0.3) is 0 Å². The van der Waals surface area contributed by atoms with Gasteiger partial charge in [0.2, 0.25) is 0 Å². The highest BCUT2D eigenvalue weighted by molar-refractivity contribution is 5.95. The maximum Gasteiger partial charge on any atom is 0.159 e. The van der Waals surface area contributed by atoms with Crippen LogP contribution in [0.25, 0.3) is 11.1 Å². The van der Waals surface area contributed by atoms with E-state index in [1.165, 1.54) is 0 Å². The lowest BCUT2D eigenvalue weighted by Gasteiger charge is -2.12. The number of Topliss-reactive ketones (excluding diaryl/α,β-unsaturated/α-hetero) is 1. The molecule has 2 heteroatoms. The van der Waals surface area contributed by atoms with Crippen molar-refractivity contribution < 1.29 is 9.53 Å². The number of hydrogen-bond acceptors (Lipinski definition) is 2. The molecule has 0 saturated heterocycles. The van der Waals surface area contributed by atoms with Crippen molar-refractivity contribution in [1.29, 1.82) is 0 Å². The predicted molar refractivity (Wildman–Crippen MR) is 77.9 cm³/mol.